The minimum absolute atomic E-state index is 0.115. The molecule has 0 bridgehead atoms. The molecule has 4 atom stereocenters. The summed E-state index contributed by atoms with van der Waals surface area (Å²) in [5, 5.41) is 9.59. The highest BCUT2D eigenvalue weighted by Crippen LogP contribution is 2.31. The number of aliphatic hydroxyl groups is 1. The van der Waals surface area contributed by atoms with Crippen LogP contribution in [0.25, 0.3) is 0 Å². The van der Waals surface area contributed by atoms with Gasteiger partial charge in [0.2, 0.25) is 0 Å². The molecule has 0 amide bonds. The summed E-state index contributed by atoms with van der Waals surface area (Å²) in [6, 6.07) is 0.817. The van der Waals surface area contributed by atoms with Gasteiger partial charge in [0.1, 0.15) is 0 Å². The van der Waals surface area contributed by atoms with E-state index < -0.39 is 0 Å². The van der Waals surface area contributed by atoms with E-state index in [0.29, 0.717) is 5.92 Å². The molecule has 2 nitrogen and oxygen atoms in total. The van der Waals surface area contributed by atoms with E-state index in [-0.39, 0.29) is 6.10 Å². The van der Waals surface area contributed by atoms with E-state index in [9.17, 15) is 5.11 Å². The number of hydrogen-bond donors (Lipinski definition) is 1. The Morgan fingerprint density at radius 2 is 2.07 bits per heavy atom. The summed E-state index contributed by atoms with van der Waals surface area (Å²) in [5.41, 5.74) is 0. The van der Waals surface area contributed by atoms with Crippen LogP contribution >= 0.6 is 0 Å². The van der Waals surface area contributed by atoms with Gasteiger partial charge in [0.05, 0.1) is 6.10 Å². The third-order valence-corrected chi connectivity index (χ3v) is 4.36. The van der Waals surface area contributed by atoms with E-state index in [1.807, 2.05) is 6.92 Å². The zero-order valence-electron chi connectivity index (χ0n) is 10.2. The summed E-state index contributed by atoms with van der Waals surface area (Å²) >= 11 is 0. The molecule has 15 heavy (non-hydrogen) atoms. The Labute approximate surface area is 93.7 Å². The zero-order valence-corrected chi connectivity index (χ0v) is 10.2. The molecule has 1 heterocycles. The molecule has 0 aromatic rings. The SMILES string of the molecule is CC1CCCC(N2CCC(C(C)O)C2)C1. The molecule has 0 aromatic carbocycles. The highest BCUT2D eigenvalue weighted by atomic mass is 16.3. The second-order valence-corrected chi connectivity index (χ2v) is 5.71. The monoisotopic (exact) mass is 211 g/mol. The summed E-state index contributed by atoms with van der Waals surface area (Å²) in [5.74, 6) is 1.44. The van der Waals surface area contributed by atoms with Gasteiger partial charge in [-0.05, 0) is 44.6 Å². The van der Waals surface area contributed by atoms with Gasteiger partial charge in [-0.15, -0.1) is 0 Å². The number of nitrogens with zero attached hydrogens (tertiary/aromatic N) is 1. The maximum absolute atomic E-state index is 9.59. The van der Waals surface area contributed by atoms with Gasteiger partial charge in [0.25, 0.3) is 0 Å². The molecule has 2 aliphatic rings. The molecule has 1 N–H and O–H groups in total. The van der Waals surface area contributed by atoms with Crippen LogP contribution < -0.4 is 0 Å². The Hall–Kier alpha value is -0.0800. The van der Waals surface area contributed by atoms with Crippen LogP contribution in [0.4, 0.5) is 0 Å². The first kappa shape index (κ1) is 11.4. The molecule has 0 spiro atoms. The fourth-order valence-corrected chi connectivity index (χ4v) is 3.27. The zero-order chi connectivity index (χ0) is 10.8. The lowest BCUT2D eigenvalue weighted by Gasteiger charge is -2.34. The predicted octanol–water partition coefficient (Wildman–Crippen LogP) is 2.27. The Morgan fingerprint density at radius 3 is 2.67 bits per heavy atom. The van der Waals surface area contributed by atoms with Crippen molar-refractivity contribution in [1.82, 2.24) is 4.90 Å². The van der Waals surface area contributed by atoms with Crippen LogP contribution in [0.5, 0.6) is 0 Å². The van der Waals surface area contributed by atoms with Crippen molar-refractivity contribution in [2.45, 2.75) is 58.1 Å². The largest absolute Gasteiger partial charge is 0.393 e. The van der Waals surface area contributed by atoms with Gasteiger partial charge in [-0.1, -0.05) is 19.8 Å². The molecule has 1 aliphatic carbocycles. The topological polar surface area (TPSA) is 23.5 Å². The molecule has 1 aliphatic heterocycles. The summed E-state index contributed by atoms with van der Waals surface area (Å²) in [7, 11) is 0. The van der Waals surface area contributed by atoms with Crippen molar-refractivity contribution in [2.24, 2.45) is 11.8 Å². The lowest BCUT2D eigenvalue weighted by molar-refractivity contribution is 0.111. The van der Waals surface area contributed by atoms with Crippen molar-refractivity contribution in [2.75, 3.05) is 13.1 Å². The van der Waals surface area contributed by atoms with E-state index >= 15 is 0 Å². The summed E-state index contributed by atoms with van der Waals surface area (Å²) < 4.78 is 0. The molecule has 4 unspecified atom stereocenters. The minimum Gasteiger partial charge on any atom is -0.393 e. The third kappa shape index (κ3) is 2.73. The van der Waals surface area contributed by atoms with Crippen LogP contribution in [0, 0.1) is 11.8 Å². The quantitative estimate of drug-likeness (QED) is 0.757. The Morgan fingerprint density at radius 1 is 1.27 bits per heavy atom. The van der Waals surface area contributed by atoms with Crippen LogP contribution in [0.2, 0.25) is 0 Å². The fraction of sp³-hybridized carbons (Fsp3) is 1.00. The highest BCUT2D eigenvalue weighted by molar-refractivity contribution is 4.86. The van der Waals surface area contributed by atoms with E-state index in [1.54, 1.807) is 0 Å². The average Bonchev–Trinajstić information content (AvgIpc) is 2.66. The van der Waals surface area contributed by atoms with Gasteiger partial charge >= 0.3 is 0 Å². The van der Waals surface area contributed by atoms with Crippen molar-refractivity contribution >= 4 is 0 Å². The molecular weight excluding hydrogens is 186 g/mol. The average molecular weight is 211 g/mol. The molecule has 2 rings (SSSR count). The van der Waals surface area contributed by atoms with Crippen LogP contribution in [0.1, 0.15) is 46.0 Å². The first-order valence-electron chi connectivity index (χ1n) is 6.59. The highest BCUT2D eigenvalue weighted by Gasteiger charge is 2.32. The second-order valence-electron chi connectivity index (χ2n) is 5.71. The Bertz CT molecular complexity index is 205. The maximum Gasteiger partial charge on any atom is 0.0552 e. The number of aliphatic hydroxyl groups excluding tert-OH is 1. The molecule has 0 radical (unpaired) electrons. The van der Waals surface area contributed by atoms with Crippen LogP contribution in [-0.4, -0.2) is 35.2 Å². The number of rotatable bonds is 2. The number of likely N-dealkylation sites (tertiary alicyclic amines) is 1. The Kier molecular flexibility index (Phi) is 3.68. The van der Waals surface area contributed by atoms with Gasteiger partial charge in [-0.2, -0.15) is 0 Å². The van der Waals surface area contributed by atoms with Crippen LogP contribution in [0.15, 0.2) is 0 Å². The van der Waals surface area contributed by atoms with Gasteiger partial charge < -0.3 is 5.11 Å². The summed E-state index contributed by atoms with van der Waals surface area (Å²) in [6.45, 7) is 6.67. The number of hydrogen-bond acceptors (Lipinski definition) is 2. The Balaban J connectivity index is 1.84. The van der Waals surface area contributed by atoms with Crippen molar-refractivity contribution < 1.29 is 5.11 Å². The van der Waals surface area contributed by atoms with Gasteiger partial charge in [0, 0.05) is 12.6 Å². The predicted molar refractivity (Wildman–Crippen MR) is 62.8 cm³/mol. The lowest BCUT2D eigenvalue weighted by atomic mass is 9.86. The van der Waals surface area contributed by atoms with Gasteiger partial charge in [-0.25, -0.2) is 0 Å². The third-order valence-electron chi connectivity index (χ3n) is 4.36. The first-order valence-corrected chi connectivity index (χ1v) is 6.59. The normalized spacial score (nSPS) is 40.6. The van der Waals surface area contributed by atoms with Gasteiger partial charge in [-0.3, -0.25) is 4.90 Å². The first-order chi connectivity index (χ1) is 7.16. The van der Waals surface area contributed by atoms with E-state index in [0.717, 1.165) is 18.5 Å². The van der Waals surface area contributed by atoms with Gasteiger partial charge in [0.15, 0.2) is 0 Å². The lowest BCUT2D eigenvalue weighted by Crippen LogP contribution is -2.37. The van der Waals surface area contributed by atoms with E-state index in [2.05, 4.69) is 11.8 Å². The maximum atomic E-state index is 9.59. The molecular formula is C13H25NO. The van der Waals surface area contributed by atoms with Crippen molar-refractivity contribution in [3.63, 3.8) is 0 Å². The molecule has 0 aromatic heterocycles. The molecule has 1 saturated heterocycles. The molecule has 2 heteroatoms. The smallest absolute Gasteiger partial charge is 0.0552 e. The minimum atomic E-state index is -0.115. The molecule has 88 valence electrons. The van der Waals surface area contributed by atoms with E-state index in [1.165, 1.54) is 38.6 Å². The summed E-state index contributed by atoms with van der Waals surface area (Å²) in [4.78, 5) is 2.63. The summed E-state index contributed by atoms with van der Waals surface area (Å²) in [6.07, 6.45) is 6.67. The van der Waals surface area contributed by atoms with Crippen LogP contribution in [-0.2, 0) is 0 Å². The molecule has 2 fully saturated rings. The van der Waals surface area contributed by atoms with Crippen LogP contribution in [0.3, 0.4) is 0 Å². The van der Waals surface area contributed by atoms with Crippen molar-refractivity contribution in [3.8, 4) is 0 Å². The van der Waals surface area contributed by atoms with Crippen molar-refractivity contribution in [1.29, 1.82) is 0 Å². The molecule has 1 saturated carbocycles. The fourth-order valence-electron chi connectivity index (χ4n) is 3.27. The second kappa shape index (κ2) is 4.84. The van der Waals surface area contributed by atoms with Crippen molar-refractivity contribution in [3.05, 3.63) is 0 Å². The van der Waals surface area contributed by atoms with E-state index in [4.69, 9.17) is 0 Å². The standard InChI is InChI=1S/C13H25NO/c1-10-4-3-5-13(8-10)14-7-6-12(9-14)11(2)15/h10-13,15H,3-9H2,1-2H3.